The Hall–Kier alpha value is -3.26. The molecule has 4 aromatic rings. The van der Waals surface area contributed by atoms with E-state index in [1.165, 1.54) is 15.9 Å². The normalized spacial score (nSPS) is 17.6. The Morgan fingerprint density at radius 1 is 0.727 bits per heavy atom. The summed E-state index contributed by atoms with van der Waals surface area (Å²) < 4.78 is 12.0. The van der Waals surface area contributed by atoms with Crippen LogP contribution in [0.1, 0.15) is 17.2 Å². The lowest BCUT2D eigenvalue weighted by molar-refractivity contribution is 0.120. The maximum absolute atomic E-state index is 6.54. The molecule has 164 valence electrons. The lowest BCUT2D eigenvalue weighted by atomic mass is 10.0. The summed E-state index contributed by atoms with van der Waals surface area (Å²) in [6, 6.07) is 40.2. The van der Waals surface area contributed by atoms with Crippen LogP contribution in [0.15, 0.2) is 120 Å². The molecule has 5 rings (SSSR count). The lowest BCUT2D eigenvalue weighted by Gasteiger charge is -2.22. The summed E-state index contributed by atoms with van der Waals surface area (Å²) in [5.41, 5.74) is 2.17. The fourth-order valence-corrected chi connectivity index (χ4v) is 6.68. The van der Waals surface area contributed by atoms with Crippen LogP contribution in [0.4, 0.5) is 0 Å². The van der Waals surface area contributed by atoms with Crippen molar-refractivity contribution in [2.24, 2.45) is 4.99 Å². The van der Waals surface area contributed by atoms with E-state index in [0.29, 0.717) is 12.5 Å². The van der Waals surface area contributed by atoms with E-state index in [2.05, 4.69) is 97.1 Å². The summed E-state index contributed by atoms with van der Waals surface area (Å²) in [5, 5.41) is 3.85. The molecule has 0 unspecified atom stereocenters. The minimum Gasteiger partial charge on any atom is -0.467 e. The first kappa shape index (κ1) is 21.6. The molecule has 0 N–H and O–H groups in total. The van der Waals surface area contributed by atoms with Crippen molar-refractivity contribution in [2.75, 3.05) is 13.7 Å². The Morgan fingerprint density at radius 3 is 1.88 bits per heavy atom. The van der Waals surface area contributed by atoms with Crippen molar-refractivity contribution in [3.8, 4) is 0 Å². The number of ether oxygens (including phenoxy) is 2. The van der Waals surface area contributed by atoms with Crippen molar-refractivity contribution in [1.82, 2.24) is 0 Å². The number of hydrogen-bond acceptors (Lipinski definition) is 3. The highest BCUT2D eigenvalue weighted by Gasteiger charge is 2.34. The average Bonchev–Trinajstić information content (AvgIpc) is 3.30. The number of methoxy groups -OCH3 is 1. The van der Waals surface area contributed by atoms with E-state index >= 15 is 0 Å². The minimum atomic E-state index is -0.766. The molecule has 4 heteroatoms. The molecule has 4 aromatic carbocycles. The minimum absolute atomic E-state index is 0.0832. The van der Waals surface area contributed by atoms with Crippen LogP contribution in [0.2, 0.25) is 0 Å². The van der Waals surface area contributed by atoms with Crippen LogP contribution in [-0.2, 0) is 9.47 Å². The van der Waals surface area contributed by atoms with E-state index in [9.17, 15) is 0 Å². The van der Waals surface area contributed by atoms with Gasteiger partial charge in [-0.15, -0.1) is 0 Å². The van der Waals surface area contributed by atoms with Gasteiger partial charge in [0.1, 0.15) is 6.04 Å². The first-order chi connectivity index (χ1) is 16.3. The summed E-state index contributed by atoms with van der Waals surface area (Å²) in [6.07, 6.45) is -0.158. The topological polar surface area (TPSA) is 30.8 Å². The largest absolute Gasteiger partial charge is 0.467 e. The van der Waals surface area contributed by atoms with Gasteiger partial charge in [0.2, 0.25) is 5.90 Å². The van der Waals surface area contributed by atoms with E-state index in [1.54, 1.807) is 7.11 Å². The Balaban J connectivity index is 1.59. The molecule has 33 heavy (non-hydrogen) atoms. The Labute approximate surface area is 196 Å². The maximum Gasteiger partial charge on any atom is 0.217 e. The molecule has 0 saturated heterocycles. The van der Waals surface area contributed by atoms with Gasteiger partial charge in [-0.3, -0.25) is 0 Å². The molecule has 0 bridgehead atoms. The zero-order valence-corrected chi connectivity index (χ0v) is 19.4. The highest BCUT2D eigenvalue weighted by atomic mass is 31.1. The zero-order valence-electron chi connectivity index (χ0n) is 18.5. The van der Waals surface area contributed by atoms with Crippen LogP contribution in [0.25, 0.3) is 0 Å². The summed E-state index contributed by atoms with van der Waals surface area (Å²) in [5.74, 6) is 0.695. The van der Waals surface area contributed by atoms with E-state index < -0.39 is 7.92 Å². The molecule has 1 aliphatic rings. The van der Waals surface area contributed by atoms with Gasteiger partial charge in [-0.05, 0) is 35.5 Å². The molecule has 0 amide bonds. The predicted molar refractivity (Wildman–Crippen MR) is 138 cm³/mol. The van der Waals surface area contributed by atoms with Crippen molar-refractivity contribution < 1.29 is 9.47 Å². The molecule has 2 atom stereocenters. The van der Waals surface area contributed by atoms with Gasteiger partial charge in [-0.25, -0.2) is 4.99 Å². The van der Waals surface area contributed by atoms with Gasteiger partial charge in [0.25, 0.3) is 0 Å². The van der Waals surface area contributed by atoms with Gasteiger partial charge in [-0.1, -0.05) is 109 Å². The van der Waals surface area contributed by atoms with Crippen molar-refractivity contribution in [1.29, 1.82) is 0 Å². The molecule has 1 heterocycles. The number of hydrogen-bond donors (Lipinski definition) is 0. The van der Waals surface area contributed by atoms with Gasteiger partial charge in [0.15, 0.2) is 6.10 Å². The molecule has 0 aliphatic carbocycles. The standard InChI is InChI=1S/C29H26NO2P/c1-31-21-26-28(22-13-5-2-6-14-22)32-29(30-26)25-19-11-12-20-27(25)33(23-15-7-3-8-16-23)24-17-9-4-10-18-24/h2-20,26,28H,21H2,1H3/t26-,28-/m0/s1. The third-order valence-corrected chi connectivity index (χ3v) is 8.24. The predicted octanol–water partition coefficient (Wildman–Crippen LogP) is 4.98. The molecular formula is C29H26NO2P. The third-order valence-electron chi connectivity index (χ3n) is 5.74. The van der Waals surface area contributed by atoms with E-state index in [4.69, 9.17) is 14.5 Å². The number of aliphatic imine (C=N–C) groups is 1. The number of nitrogens with zero attached hydrogens (tertiary/aromatic N) is 1. The summed E-state index contributed by atoms with van der Waals surface area (Å²) >= 11 is 0. The number of rotatable bonds is 7. The molecule has 0 saturated carbocycles. The molecule has 0 spiro atoms. The highest BCUT2D eigenvalue weighted by molar-refractivity contribution is 7.80. The smallest absolute Gasteiger partial charge is 0.217 e. The van der Waals surface area contributed by atoms with Crippen molar-refractivity contribution in [3.05, 3.63) is 126 Å². The fourth-order valence-electron chi connectivity index (χ4n) is 4.24. The Bertz CT molecular complexity index is 1170. The van der Waals surface area contributed by atoms with Crippen molar-refractivity contribution >= 4 is 29.7 Å². The SMILES string of the molecule is COC[C@@H]1N=C(c2ccccc2P(c2ccccc2)c2ccccc2)O[C@H]1c1ccccc1. The molecular weight excluding hydrogens is 425 g/mol. The number of benzene rings is 4. The van der Waals surface area contributed by atoms with Crippen molar-refractivity contribution in [2.45, 2.75) is 12.1 Å². The van der Waals surface area contributed by atoms with Gasteiger partial charge in [-0.2, -0.15) is 0 Å². The van der Waals surface area contributed by atoms with E-state index in [1.807, 2.05) is 18.2 Å². The first-order valence-electron chi connectivity index (χ1n) is 11.1. The van der Waals surface area contributed by atoms with E-state index in [-0.39, 0.29) is 12.1 Å². The Kier molecular flexibility index (Phi) is 6.62. The second kappa shape index (κ2) is 10.1. The van der Waals surface area contributed by atoms with Gasteiger partial charge in [0.05, 0.1) is 6.61 Å². The Morgan fingerprint density at radius 2 is 1.27 bits per heavy atom. The van der Waals surface area contributed by atoms with Crippen LogP contribution in [0.5, 0.6) is 0 Å². The van der Waals surface area contributed by atoms with Gasteiger partial charge < -0.3 is 9.47 Å². The highest BCUT2D eigenvalue weighted by Crippen LogP contribution is 2.37. The molecule has 3 nitrogen and oxygen atoms in total. The second-order valence-corrected chi connectivity index (χ2v) is 10.1. The second-order valence-electron chi connectivity index (χ2n) is 7.93. The van der Waals surface area contributed by atoms with Crippen LogP contribution in [0, 0.1) is 0 Å². The van der Waals surface area contributed by atoms with Crippen LogP contribution in [0.3, 0.4) is 0 Å². The summed E-state index contributed by atoms with van der Waals surface area (Å²) in [6.45, 7) is 0.511. The molecule has 1 aliphatic heterocycles. The molecule has 0 fully saturated rings. The molecule has 0 aromatic heterocycles. The fraction of sp³-hybridized carbons (Fsp3) is 0.138. The van der Waals surface area contributed by atoms with Crippen molar-refractivity contribution in [3.63, 3.8) is 0 Å². The van der Waals surface area contributed by atoms with Crippen LogP contribution < -0.4 is 15.9 Å². The van der Waals surface area contributed by atoms with Crippen LogP contribution in [-0.4, -0.2) is 25.7 Å². The average molecular weight is 452 g/mol. The molecule has 0 radical (unpaired) electrons. The maximum atomic E-state index is 6.54. The van der Waals surface area contributed by atoms with E-state index in [0.717, 1.165) is 11.1 Å². The first-order valence-corrected chi connectivity index (χ1v) is 12.5. The summed E-state index contributed by atoms with van der Waals surface area (Å²) in [4.78, 5) is 5.02. The van der Waals surface area contributed by atoms with Gasteiger partial charge in [0, 0.05) is 12.7 Å². The quantitative estimate of drug-likeness (QED) is 0.371. The zero-order chi connectivity index (χ0) is 22.5. The monoisotopic (exact) mass is 451 g/mol. The summed E-state index contributed by atoms with van der Waals surface area (Å²) in [7, 11) is 0.950. The third kappa shape index (κ3) is 4.61. The van der Waals surface area contributed by atoms with Crippen LogP contribution >= 0.6 is 7.92 Å². The van der Waals surface area contributed by atoms with Gasteiger partial charge >= 0.3 is 0 Å². The lowest BCUT2D eigenvalue weighted by Crippen LogP contribution is -2.25.